The fraction of sp³-hybridized carbons (Fsp3) is 0.364. The van der Waals surface area contributed by atoms with E-state index in [0.29, 0.717) is 0 Å². The highest BCUT2D eigenvalue weighted by atomic mass is 16.5. The number of hydrogen-bond acceptors (Lipinski definition) is 3. The molecule has 2 rings (SSSR count). The minimum atomic E-state index is -0.0951. The lowest BCUT2D eigenvalue weighted by Gasteiger charge is -2.22. The maximum atomic E-state index is 5.72. The van der Waals surface area contributed by atoms with Gasteiger partial charge in [0.05, 0.1) is 20.8 Å². The highest BCUT2D eigenvalue weighted by molar-refractivity contribution is 5.43. The standard InChI is InChI=1S/C22H28O3/c1-22(2,18-15-20(23-3)17-21(16-18)24-4)13-9-6-10-14-25-19-11-7-5-8-12-19/h5,7-9,11-13,15-17H,6,10,14H2,1-4H3. The van der Waals surface area contributed by atoms with Gasteiger partial charge >= 0.3 is 0 Å². The highest BCUT2D eigenvalue weighted by Crippen LogP contribution is 2.32. The van der Waals surface area contributed by atoms with Gasteiger partial charge in [0.1, 0.15) is 17.2 Å². The van der Waals surface area contributed by atoms with Crippen LogP contribution in [0.1, 0.15) is 32.3 Å². The van der Waals surface area contributed by atoms with Crippen molar-refractivity contribution < 1.29 is 14.2 Å². The lowest BCUT2D eigenvalue weighted by Crippen LogP contribution is -2.13. The van der Waals surface area contributed by atoms with Crippen molar-refractivity contribution in [3.63, 3.8) is 0 Å². The molecule has 0 aliphatic rings. The predicted octanol–water partition coefficient (Wildman–Crippen LogP) is 5.40. The summed E-state index contributed by atoms with van der Waals surface area (Å²) in [5, 5.41) is 0. The second-order valence-corrected chi connectivity index (χ2v) is 6.53. The Morgan fingerprint density at radius 3 is 2.12 bits per heavy atom. The van der Waals surface area contributed by atoms with Crippen LogP contribution in [0.2, 0.25) is 0 Å². The number of benzene rings is 2. The van der Waals surface area contributed by atoms with Gasteiger partial charge in [-0.3, -0.25) is 0 Å². The fourth-order valence-electron chi connectivity index (χ4n) is 2.56. The number of allylic oxidation sites excluding steroid dienone is 2. The van der Waals surface area contributed by atoms with Crippen LogP contribution in [0.25, 0.3) is 0 Å². The van der Waals surface area contributed by atoms with E-state index in [1.807, 2.05) is 36.4 Å². The third-order valence-electron chi connectivity index (χ3n) is 4.16. The fourth-order valence-corrected chi connectivity index (χ4v) is 2.56. The molecule has 3 nitrogen and oxygen atoms in total. The van der Waals surface area contributed by atoms with Crippen molar-refractivity contribution >= 4 is 0 Å². The molecular weight excluding hydrogens is 312 g/mol. The number of unbranched alkanes of at least 4 members (excludes halogenated alkanes) is 1. The summed E-state index contributed by atoms with van der Waals surface area (Å²) in [6.07, 6.45) is 6.43. The van der Waals surface area contributed by atoms with Crippen molar-refractivity contribution in [2.24, 2.45) is 0 Å². The van der Waals surface area contributed by atoms with E-state index in [9.17, 15) is 0 Å². The van der Waals surface area contributed by atoms with Crippen molar-refractivity contribution in [1.82, 2.24) is 0 Å². The highest BCUT2D eigenvalue weighted by Gasteiger charge is 2.18. The molecule has 0 atom stereocenters. The maximum Gasteiger partial charge on any atom is 0.122 e. The zero-order chi connectivity index (χ0) is 18.1. The molecule has 0 spiro atoms. The van der Waals surface area contributed by atoms with Gasteiger partial charge in [-0.15, -0.1) is 0 Å². The maximum absolute atomic E-state index is 5.72. The molecule has 25 heavy (non-hydrogen) atoms. The van der Waals surface area contributed by atoms with Gasteiger partial charge in [0, 0.05) is 11.5 Å². The van der Waals surface area contributed by atoms with Gasteiger partial charge in [-0.1, -0.05) is 44.2 Å². The minimum Gasteiger partial charge on any atom is -0.497 e. The SMILES string of the molecule is COc1cc(OC)cc(C(C)(C)C=CCCCOc2ccccc2)c1. The Labute approximate surface area is 151 Å². The lowest BCUT2D eigenvalue weighted by atomic mass is 9.84. The summed E-state index contributed by atoms with van der Waals surface area (Å²) in [7, 11) is 3.35. The van der Waals surface area contributed by atoms with Crippen molar-refractivity contribution in [3.05, 3.63) is 66.2 Å². The van der Waals surface area contributed by atoms with Gasteiger partial charge in [0.15, 0.2) is 0 Å². The van der Waals surface area contributed by atoms with Crippen LogP contribution in [0.3, 0.4) is 0 Å². The number of methoxy groups -OCH3 is 2. The molecule has 0 fully saturated rings. The van der Waals surface area contributed by atoms with E-state index in [2.05, 4.69) is 38.1 Å². The topological polar surface area (TPSA) is 27.7 Å². The number of hydrogen-bond donors (Lipinski definition) is 0. The summed E-state index contributed by atoms with van der Waals surface area (Å²) < 4.78 is 16.5. The van der Waals surface area contributed by atoms with Crippen LogP contribution < -0.4 is 14.2 Å². The Bertz CT molecular complexity index is 653. The molecule has 3 heteroatoms. The molecule has 0 saturated heterocycles. The Balaban J connectivity index is 1.88. The zero-order valence-electron chi connectivity index (χ0n) is 15.6. The molecule has 0 aliphatic heterocycles. The van der Waals surface area contributed by atoms with Crippen LogP contribution in [-0.4, -0.2) is 20.8 Å². The van der Waals surface area contributed by atoms with E-state index in [0.717, 1.165) is 36.7 Å². The second kappa shape index (κ2) is 9.16. The van der Waals surface area contributed by atoms with E-state index in [-0.39, 0.29) is 5.41 Å². The largest absolute Gasteiger partial charge is 0.497 e. The van der Waals surface area contributed by atoms with E-state index in [1.165, 1.54) is 5.56 Å². The third kappa shape index (κ3) is 5.86. The molecule has 0 aromatic heterocycles. The van der Waals surface area contributed by atoms with Crippen LogP contribution in [0.4, 0.5) is 0 Å². The molecule has 0 N–H and O–H groups in total. The summed E-state index contributed by atoms with van der Waals surface area (Å²) in [6.45, 7) is 5.11. The van der Waals surface area contributed by atoms with Gasteiger partial charge in [-0.2, -0.15) is 0 Å². The molecular formula is C22H28O3. The lowest BCUT2D eigenvalue weighted by molar-refractivity contribution is 0.312. The summed E-state index contributed by atoms with van der Waals surface area (Å²) in [4.78, 5) is 0. The molecule has 0 amide bonds. The van der Waals surface area contributed by atoms with Crippen molar-refractivity contribution in [2.75, 3.05) is 20.8 Å². The van der Waals surface area contributed by atoms with E-state index in [1.54, 1.807) is 14.2 Å². The predicted molar refractivity (Wildman–Crippen MR) is 103 cm³/mol. The monoisotopic (exact) mass is 340 g/mol. The first kappa shape index (κ1) is 18.9. The van der Waals surface area contributed by atoms with Crippen LogP contribution in [-0.2, 0) is 5.41 Å². The van der Waals surface area contributed by atoms with Gasteiger partial charge < -0.3 is 14.2 Å². The van der Waals surface area contributed by atoms with Gasteiger partial charge in [0.2, 0.25) is 0 Å². The summed E-state index contributed by atoms with van der Waals surface area (Å²) >= 11 is 0. The molecule has 0 saturated carbocycles. The van der Waals surface area contributed by atoms with E-state index >= 15 is 0 Å². The molecule has 0 bridgehead atoms. The van der Waals surface area contributed by atoms with Crippen LogP contribution in [0, 0.1) is 0 Å². The average Bonchev–Trinajstić information content (AvgIpc) is 2.64. The molecule has 0 radical (unpaired) electrons. The first-order valence-electron chi connectivity index (χ1n) is 8.64. The van der Waals surface area contributed by atoms with E-state index < -0.39 is 0 Å². The average molecular weight is 340 g/mol. The normalized spacial score (nSPS) is 11.5. The van der Waals surface area contributed by atoms with Gasteiger partial charge in [0.25, 0.3) is 0 Å². The number of ether oxygens (including phenoxy) is 3. The molecule has 134 valence electrons. The van der Waals surface area contributed by atoms with Crippen LogP contribution >= 0.6 is 0 Å². The molecule has 0 aliphatic carbocycles. The third-order valence-corrected chi connectivity index (χ3v) is 4.16. The van der Waals surface area contributed by atoms with Crippen LogP contribution in [0.15, 0.2) is 60.7 Å². The van der Waals surface area contributed by atoms with Gasteiger partial charge in [-0.05, 0) is 42.7 Å². The van der Waals surface area contributed by atoms with E-state index in [4.69, 9.17) is 14.2 Å². The molecule has 0 unspecified atom stereocenters. The van der Waals surface area contributed by atoms with Crippen molar-refractivity contribution in [2.45, 2.75) is 32.1 Å². The zero-order valence-corrected chi connectivity index (χ0v) is 15.6. The molecule has 2 aromatic carbocycles. The first-order valence-corrected chi connectivity index (χ1v) is 8.64. The van der Waals surface area contributed by atoms with Crippen LogP contribution in [0.5, 0.6) is 17.2 Å². The van der Waals surface area contributed by atoms with Gasteiger partial charge in [-0.25, -0.2) is 0 Å². The Hall–Kier alpha value is -2.42. The van der Waals surface area contributed by atoms with Crippen molar-refractivity contribution in [3.8, 4) is 17.2 Å². The number of rotatable bonds is 9. The molecule has 2 aromatic rings. The summed E-state index contributed by atoms with van der Waals surface area (Å²) in [5.41, 5.74) is 1.07. The quantitative estimate of drug-likeness (QED) is 0.452. The number of para-hydroxylation sites is 1. The Morgan fingerprint density at radius 1 is 0.880 bits per heavy atom. The smallest absolute Gasteiger partial charge is 0.122 e. The Morgan fingerprint density at radius 2 is 1.52 bits per heavy atom. The van der Waals surface area contributed by atoms with Crippen molar-refractivity contribution in [1.29, 1.82) is 0 Å². The minimum absolute atomic E-state index is 0.0951. The summed E-state index contributed by atoms with van der Waals surface area (Å²) in [5.74, 6) is 2.55. The second-order valence-electron chi connectivity index (χ2n) is 6.53. The Kier molecular flexibility index (Phi) is 6.93. The summed E-state index contributed by atoms with van der Waals surface area (Å²) in [6, 6.07) is 15.9. The molecule has 0 heterocycles. The first-order chi connectivity index (χ1) is 12.0.